The number of rotatable bonds is 2. The molecule has 0 aliphatic rings. The standard InChI is InChI=1S/C12H10NO/c1-14-11-7-8-12(13-9-11)10-5-3-2-4-6-10/h3-9H,1H3. The number of hydrogen-bond donors (Lipinski definition) is 0. The van der Waals surface area contributed by atoms with E-state index in [1.54, 1.807) is 13.3 Å². The normalized spacial score (nSPS) is 9.79. The zero-order valence-electron chi connectivity index (χ0n) is 7.90. The second kappa shape index (κ2) is 3.92. The van der Waals surface area contributed by atoms with Crippen LogP contribution in [0.15, 0.2) is 42.6 Å². The Balaban J connectivity index is 2.34. The van der Waals surface area contributed by atoms with Crippen LogP contribution in [-0.2, 0) is 0 Å². The van der Waals surface area contributed by atoms with Crippen molar-refractivity contribution in [1.82, 2.24) is 4.98 Å². The Morgan fingerprint density at radius 1 is 1.14 bits per heavy atom. The van der Waals surface area contributed by atoms with Gasteiger partial charge in [-0.3, -0.25) is 4.98 Å². The molecule has 0 fully saturated rings. The predicted octanol–water partition coefficient (Wildman–Crippen LogP) is 2.56. The zero-order chi connectivity index (χ0) is 9.80. The quantitative estimate of drug-likeness (QED) is 0.715. The summed E-state index contributed by atoms with van der Waals surface area (Å²) in [6, 6.07) is 14.5. The molecule has 0 atom stereocenters. The summed E-state index contributed by atoms with van der Waals surface area (Å²) >= 11 is 0. The molecule has 2 heteroatoms. The van der Waals surface area contributed by atoms with Gasteiger partial charge in [-0.05, 0) is 18.2 Å². The average Bonchev–Trinajstić information content (AvgIpc) is 2.30. The van der Waals surface area contributed by atoms with Gasteiger partial charge in [0.2, 0.25) is 0 Å². The molecular weight excluding hydrogens is 174 g/mol. The number of hydrogen-bond acceptors (Lipinski definition) is 2. The highest BCUT2D eigenvalue weighted by Gasteiger charge is 1.97. The van der Waals surface area contributed by atoms with Gasteiger partial charge >= 0.3 is 0 Å². The molecule has 0 saturated carbocycles. The average molecular weight is 184 g/mol. The third kappa shape index (κ3) is 1.74. The van der Waals surface area contributed by atoms with E-state index >= 15 is 0 Å². The van der Waals surface area contributed by atoms with Gasteiger partial charge in [-0.25, -0.2) is 0 Å². The molecule has 0 aliphatic heterocycles. The lowest BCUT2D eigenvalue weighted by Gasteiger charge is -2.01. The second-order valence-corrected chi connectivity index (χ2v) is 2.87. The van der Waals surface area contributed by atoms with E-state index in [0.717, 1.165) is 17.0 Å². The van der Waals surface area contributed by atoms with Crippen molar-refractivity contribution in [2.24, 2.45) is 0 Å². The van der Waals surface area contributed by atoms with Gasteiger partial charge in [-0.1, -0.05) is 24.3 Å². The highest BCUT2D eigenvalue weighted by atomic mass is 16.5. The Labute approximate surface area is 83.2 Å². The lowest BCUT2D eigenvalue weighted by Crippen LogP contribution is -1.86. The van der Waals surface area contributed by atoms with Crippen LogP contribution in [0.25, 0.3) is 11.3 Å². The summed E-state index contributed by atoms with van der Waals surface area (Å²) < 4.78 is 5.04. The lowest BCUT2D eigenvalue weighted by molar-refractivity contribution is 0.413. The first-order chi connectivity index (χ1) is 6.90. The highest BCUT2D eigenvalue weighted by Crippen LogP contribution is 2.18. The molecule has 69 valence electrons. The molecular formula is C12H10NO. The van der Waals surface area contributed by atoms with Crippen LogP contribution in [0, 0.1) is 6.07 Å². The van der Waals surface area contributed by atoms with Gasteiger partial charge in [0.05, 0.1) is 19.0 Å². The number of pyridine rings is 1. The largest absolute Gasteiger partial charge is 0.495 e. The van der Waals surface area contributed by atoms with Crippen molar-refractivity contribution in [2.45, 2.75) is 0 Å². The summed E-state index contributed by atoms with van der Waals surface area (Å²) in [5.74, 6) is 0.774. The minimum atomic E-state index is 0.774. The van der Waals surface area contributed by atoms with E-state index in [1.807, 2.05) is 36.4 Å². The van der Waals surface area contributed by atoms with E-state index in [4.69, 9.17) is 4.74 Å². The summed E-state index contributed by atoms with van der Waals surface area (Å²) in [6.45, 7) is 0. The summed E-state index contributed by atoms with van der Waals surface area (Å²) in [7, 11) is 1.63. The van der Waals surface area contributed by atoms with Gasteiger partial charge in [-0.2, -0.15) is 0 Å². The van der Waals surface area contributed by atoms with Gasteiger partial charge in [0.15, 0.2) is 0 Å². The molecule has 0 N–H and O–H groups in total. The first-order valence-corrected chi connectivity index (χ1v) is 4.36. The first kappa shape index (κ1) is 8.75. The predicted molar refractivity (Wildman–Crippen MR) is 55.1 cm³/mol. The molecule has 1 aromatic heterocycles. The van der Waals surface area contributed by atoms with Crippen LogP contribution >= 0.6 is 0 Å². The Kier molecular flexibility index (Phi) is 2.45. The Morgan fingerprint density at radius 2 is 1.93 bits per heavy atom. The fourth-order valence-corrected chi connectivity index (χ4v) is 1.23. The SMILES string of the molecule is COc1ccc(-c2cc[c]cc2)nc1. The fourth-order valence-electron chi connectivity index (χ4n) is 1.23. The van der Waals surface area contributed by atoms with E-state index in [2.05, 4.69) is 11.1 Å². The van der Waals surface area contributed by atoms with Crippen LogP contribution < -0.4 is 4.74 Å². The van der Waals surface area contributed by atoms with Gasteiger partial charge in [-0.15, -0.1) is 0 Å². The fraction of sp³-hybridized carbons (Fsp3) is 0.0833. The van der Waals surface area contributed by atoms with E-state index in [-0.39, 0.29) is 0 Å². The van der Waals surface area contributed by atoms with E-state index in [9.17, 15) is 0 Å². The maximum atomic E-state index is 5.04. The third-order valence-corrected chi connectivity index (χ3v) is 1.99. The molecule has 0 unspecified atom stereocenters. The minimum absolute atomic E-state index is 0.774. The molecule has 1 aromatic carbocycles. The van der Waals surface area contributed by atoms with Crippen LogP contribution in [0.2, 0.25) is 0 Å². The number of methoxy groups -OCH3 is 1. The Bertz CT molecular complexity index is 394. The molecule has 2 nitrogen and oxygen atoms in total. The first-order valence-electron chi connectivity index (χ1n) is 4.36. The van der Waals surface area contributed by atoms with Crippen LogP contribution in [0.1, 0.15) is 0 Å². The summed E-state index contributed by atoms with van der Waals surface area (Å²) in [5, 5.41) is 0. The molecule has 0 spiro atoms. The van der Waals surface area contributed by atoms with Crippen LogP contribution in [0.3, 0.4) is 0 Å². The van der Waals surface area contributed by atoms with Gasteiger partial charge in [0.1, 0.15) is 5.75 Å². The van der Waals surface area contributed by atoms with Crippen LogP contribution in [-0.4, -0.2) is 12.1 Å². The maximum absolute atomic E-state index is 5.04. The summed E-state index contributed by atoms with van der Waals surface area (Å²) in [5.41, 5.74) is 2.03. The second-order valence-electron chi connectivity index (χ2n) is 2.87. The highest BCUT2D eigenvalue weighted by molar-refractivity contribution is 5.58. The molecule has 0 amide bonds. The number of ether oxygens (including phenoxy) is 1. The smallest absolute Gasteiger partial charge is 0.137 e. The monoisotopic (exact) mass is 184 g/mol. The molecule has 1 heterocycles. The van der Waals surface area contributed by atoms with Gasteiger partial charge in [0, 0.05) is 5.56 Å². The molecule has 0 aliphatic carbocycles. The van der Waals surface area contributed by atoms with Gasteiger partial charge in [0.25, 0.3) is 0 Å². The van der Waals surface area contributed by atoms with E-state index in [0.29, 0.717) is 0 Å². The Morgan fingerprint density at radius 3 is 2.50 bits per heavy atom. The molecule has 14 heavy (non-hydrogen) atoms. The van der Waals surface area contributed by atoms with Crippen molar-refractivity contribution in [2.75, 3.05) is 7.11 Å². The minimum Gasteiger partial charge on any atom is -0.495 e. The van der Waals surface area contributed by atoms with Crippen LogP contribution in [0.5, 0.6) is 5.75 Å². The van der Waals surface area contributed by atoms with Crippen molar-refractivity contribution < 1.29 is 4.74 Å². The van der Waals surface area contributed by atoms with Crippen molar-refractivity contribution in [3.8, 4) is 17.0 Å². The topological polar surface area (TPSA) is 22.1 Å². The van der Waals surface area contributed by atoms with Crippen molar-refractivity contribution in [3.05, 3.63) is 48.7 Å². The summed E-state index contributed by atoms with van der Waals surface area (Å²) in [4.78, 5) is 4.28. The molecule has 2 rings (SSSR count). The zero-order valence-corrected chi connectivity index (χ0v) is 7.90. The van der Waals surface area contributed by atoms with E-state index < -0.39 is 0 Å². The number of aromatic nitrogens is 1. The van der Waals surface area contributed by atoms with Crippen molar-refractivity contribution in [1.29, 1.82) is 0 Å². The third-order valence-electron chi connectivity index (χ3n) is 1.99. The van der Waals surface area contributed by atoms with Crippen molar-refractivity contribution >= 4 is 0 Å². The Hall–Kier alpha value is -1.83. The number of nitrogens with zero attached hydrogens (tertiary/aromatic N) is 1. The van der Waals surface area contributed by atoms with Crippen molar-refractivity contribution in [3.63, 3.8) is 0 Å². The lowest BCUT2D eigenvalue weighted by atomic mass is 10.1. The number of benzene rings is 1. The van der Waals surface area contributed by atoms with E-state index in [1.165, 1.54) is 0 Å². The molecule has 2 aromatic rings. The van der Waals surface area contributed by atoms with Crippen LogP contribution in [0.4, 0.5) is 0 Å². The molecule has 0 saturated heterocycles. The maximum Gasteiger partial charge on any atom is 0.137 e. The summed E-state index contributed by atoms with van der Waals surface area (Å²) in [6.07, 6.45) is 1.71. The molecule has 1 radical (unpaired) electrons. The molecule has 0 bridgehead atoms. The van der Waals surface area contributed by atoms with Gasteiger partial charge < -0.3 is 4.74 Å².